The number of piperidine rings is 1. The molecule has 0 bridgehead atoms. The Morgan fingerprint density at radius 2 is 2.03 bits per heavy atom. The van der Waals surface area contributed by atoms with Crippen molar-refractivity contribution in [1.29, 1.82) is 0 Å². The molecule has 0 saturated carbocycles. The van der Waals surface area contributed by atoms with E-state index in [0.717, 1.165) is 51.0 Å². The quantitative estimate of drug-likeness (QED) is 0.742. The van der Waals surface area contributed by atoms with E-state index in [1.807, 2.05) is 12.3 Å². The zero-order valence-electron chi connectivity index (χ0n) is 18.5. The van der Waals surface area contributed by atoms with Gasteiger partial charge in [0.1, 0.15) is 5.75 Å². The minimum atomic E-state index is 0.381. The first kappa shape index (κ1) is 20.7. The molecule has 0 spiro atoms. The van der Waals surface area contributed by atoms with Crippen LogP contribution >= 0.6 is 0 Å². The predicted molar refractivity (Wildman–Crippen MR) is 122 cm³/mol. The van der Waals surface area contributed by atoms with Gasteiger partial charge in [-0.1, -0.05) is 12.1 Å². The molecule has 7 heteroatoms. The molecule has 3 aliphatic rings. The number of aromatic nitrogens is 2. The highest BCUT2D eigenvalue weighted by atomic mass is 16.5. The molecule has 5 rings (SSSR count). The molecule has 7 nitrogen and oxygen atoms in total. The number of hydrogen-bond donors (Lipinski definition) is 2. The van der Waals surface area contributed by atoms with E-state index in [1.54, 1.807) is 7.11 Å². The van der Waals surface area contributed by atoms with Crippen molar-refractivity contribution >= 4 is 5.95 Å². The SMILES string of the molecule is COc1cccc(CN2CCCC(C3NNCC3c3ccnc(N4CCCC4)n3)C2)c1. The Hall–Kier alpha value is -2.22. The maximum atomic E-state index is 5.40. The third-order valence-electron chi connectivity index (χ3n) is 7.05. The zero-order valence-corrected chi connectivity index (χ0v) is 18.5. The fraction of sp³-hybridized carbons (Fsp3) is 0.583. The van der Waals surface area contributed by atoms with Crippen molar-refractivity contribution in [3.05, 3.63) is 47.8 Å². The van der Waals surface area contributed by atoms with Crippen LogP contribution in [-0.4, -0.2) is 60.7 Å². The van der Waals surface area contributed by atoms with E-state index in [-0.39, 0.29) is 0 Å². The van der Waals surface area contributed by atoms with Crippen LogP contribution in [0, 0.1) is 5.92 Å². The van der Waals surface area contributed by atoms with E-state index in [4.69, 9.17) is 9.72 Å². The maximum absolute atomic E-state index is 5.40. The lowest BCUT2D eigenvalue weighted by atomic mass is 9.82. The monoisotopic (exact) mass is 422 g/mol. The number of ether oxygens (including phenoxy) is 1. The lowest BCUT2D eigenvalue weighted by Crippen LogP contribution is -2.46. The molecule has 3 atom stereocenters. The highest BCUT2D eigenvalue weighted by Gasteiger charge is 2.37. The number of nitrogens with one attached hydrogen (secondary N) is 2. The van der Waals surface area contributed by atoms with Gasteiger partial charge in [0.2, 0.25) is 5.95 Å². The van der Waals surface area contributed by atoms with Gasteiger partial charge < -0.3 is 9.64 Å². The van der Waals surface area contributed by atoms with Crippen molar-refractivity contribution in [2.45, 2.75) is 44.2 Å². The molecule has 3 saturated heterocycles. The second kappa shape index (κ2) is 9.51. The van der Waals surface area contributed by atoms with Gasteiger partial charge in [-0.05, 0) is 61.9 Å². The number of hydrazine groups is 1. The Kier molecular flexibility index (Phi) is 6.34. The molecule has 2 N–H and O–H groups in total. The summed E-state index contributed by atoms with van der Waals surface area (Å²) in [4.78, 5) is 14.5. The van der Waals surface area contributed by atoms with Gasteiger partial charge in [0.05, 0.1) is 12.8 Å². The van der Waals surface area contributed by atoms with E-state index in [2.05, 4.69) is 49.9 Å². The van der Waals surface area contributed by atoms with Gasteiger partial charge in [-0.3, -0.25) is 15.8 Å². The Morgan fingerprint density at radius 3 is 2.90 bits per heavy atom. The summed E-state index contributed by atoms with van der Waals surface area (Å²) in [6.45, 7) is 6.33. The van der Waals surface area contributed by atoms with Crippen LogP contribution < -0.4 is 20.5 Å². The van der Waals surface area contributed by atoms with Crippen LogP contribution in [0.3, 0.4) is 0 Å². The Bertz CT molecular complexity index is 871. The van der Waals surface area contributed by atoms with Crippen molar-refractivity contribution in [2.75, 3.05) is 44.7 Å². The van der Waals surface area contributed by atoms with Gasteiger partial charge in [0.15, 0.2) is 0 Å². The molecule has 166 valence electrons. The topological polar surface area (TPSA) is 65.6 Å². The van der Waals surface area contributed by atoms with Crippen LogP contribution in [0.4, 0.5) is 5.95 Å². The van der Waals surface area contributed by atoms with Crippen molar-refractivity contribution < 1.29 is 4.74 Å². The van der Waals surface area contributed by atoms with Crippen molar-refractivity contribution in [3.63, 3.8) is 0 Å². The Morgan fingerprint density at radius 1 is 1.13 bits per heavy atom. The van der Waals surface area contributed by atoms with Gasteiger partial charge in [0, 0.05) is 50.9 Å². The predicted octanol–water partition coefficient (Wildman–Crippen LogP) is 2.56. The first-order valence-corrected chi connectivity index (χ1v) is 11.7. The summed E-state index contributed by atoms with van der Waals surface area (Å²) in [6, 6.07) is 11.0. The third kappa shape index (κ3) is 4.68. The second-order valence-electron chi connectivity index (χ2n) is 9.12. The lowest BCUT2D eigenvalue weighted by Gasteiger charge is -2.37. The molecule has 0 radical (unpaired) electrons. The molecule has 3 fully saturated rings. The van der Waals surface area contributed by atoms with Crippen LogP contribution in [0.2, 0.25) is 0 Å². The Balaban J connectivity index is 1.27. The van der Waals surface area contributed by atoms with E-state index in [0.29, 0.717) is 17.9 Å². The van der Waals surface area contributed by atoms with Crippen LogP contribution in [0.25, 0.3) is 0 Å². The van der Waals surface area contributed by atoms with Gasteiger partial charge in [-0.15, -0.1) is 0 Å². The zero-order chi connectivity index (χ0) is 21.0. The summed E-state index contributed by atoms with van der Waals surface area (Å²) in [5.41, 5.74) is 9.51. The summed E-state index contributed by atoms with van der Waals surface area (Å²) in [7, 11) is 1.73. The molecule has 1 aromatic carbocycles. The lowest BCUT2D eigenvalue weighted by molar-refractivity contribution is 0.139. The number of hydrogen-bond acceptors (Lipinski definition) is 7. The molecule has 4 heterocycles. The summed E-state index contributed by atoms with van der Waals surface area (Å²) in [6.07, 6.45) is 6.93. The van der Waals surface area contributed by atoms with Gasteiger partial charge in [0.25, 0.3) is 0 Å². The van der Waals surface area contributed by atoms with Gasteiger partial charge in [-0.25, -0.2) is 9.97 Å². The fourth-order valence-electron chi connectivity index (χ4n) is 5.44. The van der Waals surface area contributed by atoms with Crippen LogP contribution in [0.1, 0.15) is 42.9 Å². The summed E-state index contributed by atoms with van der Waals surface area (Å²) in [5, 5.41) is 0. The fourth-order valence-corrected chi connectivity index (χ4v) is 5.44. The molecule has 2 aromatic rings. The van der Waals surface area contributed by atoms with E-state index >= 15 is 0 Å². The molecule has 0 amide bonds. The van der Waals surface area contributed by atoms with Gasteiger partial charge in [-0.2, -0.15) is 0 Å². The highest BCUT2D eigenvalue weighted by Crippen LogP contribution is 2.32. The van der Waals surface area contributed by atoms with E-state index < -0.39 is 0 Å². The van der Waals surface area contributed by atoms with Crippen LogP contribution in [-0.2, 0) is 6.54 Å². The molecule has 0 aliphatic carbocycles. The summed E-state index contributed by atoms with van der Waals surface area (Å²) >= 11 is 0. The largest absolute Gasteiger partial charge is 0.497 e. The average molecular weight is 423 g/mol. The normalized spacial score (nSPS) is 27.0. The van der Waals surface area contributed by atoms with E-state index in [1.165, 1.54) is 36.9 Å². The molecular weight excluding hydrogens is 388 g/mol. The first-order valence-electron chi connectivity index (χ1n) is 11.7. The van der Waals surface area contributed by atoms with Crippen molar-refractivity contribution in [1.82, 2.24) is 25.7 Å². The first-order chi connectivity index (χ1) is 15.3. The van der Waals surface area contributed by atoms with Gasteiger partial charge >= 0.3 is 0 Å². The van der Waals surface area contributed by atoms with Crippen LogP contribution in [0.5, 0.6) is 5.75 Å². The van der Waals surface area contributed by atoms with E-state index in [9.17, 15) is 0 Å². The average Bonchev–Trinajstić information content (AvgIpc) is 3.52. The third-order valence-corrected chi connectivity index (χ3v) is 7.05. The highest BCUT2D eigenvalue weighted by molar-refractivity contribution is 5.33. The number of likely N-dealkylation sites (tertiary alicyclic amines) is 1. The molecule has 3 unspecified atom stereocenters. The molecule has 1 aromatic heterocycles. The maximum Gasteiger partial charge on any atom is 0.225 e. The standard InChI is InChI=1S/C24H34N6O/c1-31-20-8-4-6-18(14-20)16-29-11-5-7-19(17-29)23-21(15-26-28-23)22-9-10-25-24(27-22)30-12-2-3-13-30/h4,6,8-10,14,19,21,23,26,28H,2-3,5,7,11-13,15-17H2,1H3. The van der Waals surface area contributed by atoms with Crippen molar-refractivity contribution in [3.8, 4) is 5.75 Å². The smallest absolute Gasteiger partial charge is 0.225 e. The summed E-state index contributed by atoms with van der Waals surface area (Å²) in [5.74, 6) is 2.82. The number of benzene rings is 1. The van der Waals surface area contributed by atoms with Crippen LogP contribution in [0.15, 0.2) is 36.5 Å². The van der Waals surface area contributed by atoms with Crippen molar-refractivity contribution in [2.24, 2.45) is 5.92 Å². The minimum absolute atomic E-state index is 0.381. The number of methoxy groups -OCH3 is 1. The molecule has 31 heavy (non-hydrogen) atoms. The second-order valence-corrected chi connectivity index (χ2v) is 9.12. The molecular formula is C24H34N6O. The minimum Gasteiger partial charge on any atom is -0.497 e. The Labute approximate surface area is 185 Å². The molecule has 3 aliphatic heterocycles. The number of nitrogens with zero attached hydrogens (tertiary/aromatic N) is 4. The summed E-state index contributed by atoms with van der Waals surface area (Å²) < 4.78 is 5.40. The number of rotatable bonds is 6. The number of anilines is 1.